The highest BCUT2D eigenvalue weighted by molar-refractivity contribution is 9.10. The number of amides is 1. The molecule has 0 saturated heterocycles. The van der Waals surface area contributed by atoms with Crippen molar-refractivity contribution in [1.29, 1.82) is 0 Å². The van der Waals surface area contributed by atoms with Gasteiger partial charge in [-0.05, 0) is 42.5 Å². The van der Waals surface area contributed by atoms with Gasteiger partial charge >= 0.3 is 0 Å². The molecule has 3 rings (SSSR count). The van der Waals surface area contributed by atoms with Gasteiger partial charge in [-0.3, -0.25) is 4.79 Å². The Kier molecular flexibility index (Phi) is 4.68. The van der Waals surface area contributed by atoms with Gasteiger partial charge in [0.15, 0.2) is 0 Å². The van der Waals surface area contributed by atoms with Crippen molar-refractivity contribution in [1.82, 2.24) is 4.98 Å². The minimum Gasteiger partial charge on any atom is -0.340 e. The first kappa shape index (κ1) is 15.2. The zero-order valence-corrected chi connectivity index (χ0v) is 13.7. The molecular weight excluding hydrogens is 354 g/mol. The van der Waals surface area contributed by atoms with Gasteiger partial charge < -0.3 is 10.6 Å². The monoisotopic (exact) mass is 367 g/mol. The van der Waals surface area contributed by atoms with Gasteiger partial charge in [-0.1, -0.05) is 40.2 Å². The molecule has 23 heavy (non-hydrogen) atoms. The largest absolute Gasteiger partial charge is 0.340 e. The topological polar surface area (TPSA) is 54.0 Å². The van der Waals surface area contributed by atoms with Crippen molar-refractivity contribution in [2.45, 2.75) is 0 Å². The Morgan fingerprint density at radius 3 is 2.43 bits per heavy atom. The van der Waals surface area contributed by atoms with Crippen LogP contribution in [0.2, 0.25) is 0 Å². The molecule has 1 aromatic heterocycles. The van der Waals surface area contributed by atoms with Gasteiger partial charge in [0, 0.05) is 15.7 Å². The second-order valence-electron chi connectivity index (χ2n) is 4.89. The number of aromatic nitrogens is 1. The number of carbonyl (C=O) groups excluding carboxylic acids is 1. The number of para-hydroxylation sites is 1. The van der Waals surface area contributed by atoms with Gasteiger partial charge in [0.05, 0.1) is 11.9 Å². The molecule has 114 valence electrons. The third-order valence-corrected chi connectivity index (χ3v) is 3.65. The van der Waals surface area contributed by atoms with E-state index in [2.05, 4.69) is 31.5 Å². The number of nitrogens with one attached hydrogen (secondary N) is 2. The average Bonchev–Trinajstić information content (AvgIpc) is 2.57. The van der Waals surface area contributed by atoms with Crippen LogP contribution < -0.4 is 10.6 Å². The number of hydrogen-bond acceptors (Lipinski definition) is 3. The zero-order valence-electron chi connectivity index (χ0n) is 12.2. The maximum Gasteiger partial charge on any atom is 0.255 e. The minimum atomic E-state index is -0.170. The Balaban J connectivity index is 1.67. The predicted octanol–water partition coefficient (Wildman–Crippen LogP) is 4.84. The van der Waals surface area contributed by atoms with Crippen molar-refractivity contribution in [3.8, 4) is 0 Å². The summed E-state index contributed by atoms with van der Waals surface area (Å²) < 4.78 is 0.866. The molecule has 0 saturated carbocycles. The van der Waals surface area contributed by atoms with Crippen LogP contribution in [0.5, 0.6) is 0 Å². The summed E-state index contributed by atoms with van der Waals surface area (Å²) in [4.78, 5) is 16.5. The summed E-state index contributed by atoms with van der Waals surface area (Å²) in [6, 6.07) is 20.7. The van der Waals surface area contributed by atoms with E-state index in [0.717, 1.165) is 16.0 Å². The Morgan fingerprint density at radius 2 is 1.74 bits per heavy atom. The second kappa shape index (κ2) is 7.07. The van der Waals surface area contributed by atoms with Crippen molar-refractivity contribution < 1.29 is 4.79 Å². The molecule has 1 heterocycles. The Bertz CT molecular complexity index is 804. The second-order valence-corrected chi connectivity index (χ2v) is 5.80. The molecule has 0 bridgehead atoms. The number of halogens is 1. The summed E-state index contributed by atoms with van der Waals surface area (Å²) in [6.45, 7) is 0. The van der Waals surface area contributed by atoms with Crippen LogP contribution in [0.4, 0.5) is 17.2 Å². The molecule has 0 aliphatic rings. The van der Waals surface area contributed by atoms with Gasteiger partial charge in [-0.15, -0.1) is 0 Å². The summed E-state index contributed by atoms with van der Waals surface area (Å²) in [5.74, 6) is 0.550. The van der Waals surface area contributed by atoms with Gasteiger partial charge in [-0.2, -0.15) is 0 Å². The highest BCUT2D eigenvalue weighted by Gasteiger charge is 2.06. The normalized spacial score (nSPS) is 10.1. The smallest absolute Gasteiger partial charge is 0.255 e. The molecule has 0 spiro atoms. The Morgan fingerprint density at radius 1 is 0.913 bits per heavy atom. The molecule has 1 amide bonds. The minimum absolute atomic E-state index is 0.170. The lowest BCUT2D eigenvalue weighted by atomic mass is 10.2. The van der Waals surface area contributed by atoms with E-state index in [1.165, 1.54) is 0 Å². The van der Waals surface area contributed by atoms with Gasteiger partial charge in [0.25, 0.3) is 5.91 Å². The standard InChI is InChI=1S/C18H14BrN3O/c19-14-6-4-5-13(11-14)18(23)22-16-9-10-17(20-12-16)21-15-7-2-1-3-8-15/h1-12H,(H,20,21)(H,22,23). The maximum absolute atomic E-state index is 12.2. The highest BCUT2D eigenvalue weighted by Crippen LogP contribution is 2.17. The fourth-order valence-electron chi connectivity index (χ4n) is 2.04. The van der Waals surface area contributed by atoms with Crippen molar-refractivity contribution in [2.75, 3.05) is 10.6 Å². The van der Waals surface area contributed by atoms with E-state index < -0.39 is 0 Å². The van der Waals surface area contributed by atoms with Crippen LogP contribution in [0.3, 0.4) is 0 Å². The van der Waals surface area contributed by atoms with Crippen molar-refractivity contribution >= 4 is 39.0 Å². The molecule has 0 unspecified atom stereocenters. The molecule has 0 radical (unpaired) electrons. The van der Waals surface area contributed by atoms with Crippen LogP contribution in [-0.2, 0) is 0 Å². The number of carbonyl (C=O) groups is 1. The first-order valence-corrected chi connectivity index (χ1v) is 7.85. The summed E-state index contributed by atoms with van der Waals surface area (Å²) in [6.07, 6.45) is 1.63. The van der Waals surface area contributed by atoms with E-state index in [1.807, 2.05) is 54.6 Å². The van der Waals surface area contributed by atoms with Crippen LogP contribution in [-0.4, -0.2) is 10.9 Å². The lowest BCUT2D eigenvalue weighted by Crippen LogP contribution is -2.12. The fourth-order valence-corrected chi connectivity index (χ4v) is 2.44. The van der Waals surface area contributed by atoms with Crippen molar-refractivity contribution in [3.05, 3.63) is 83.0 Å². The highest BCUT2D eigenvalue weighted by atomic mass is 79.9. The fraction of sp³-hybridized carbons (Fsp3) is 0. The van der Waals surface area contributed by atoms with E-state index in [4.69, 9.17) is 0 Å². The third-order valence-electron chi connectivity index (χ3n) is 3.15. The average molecular weight is 368 g/mol. The van der Waals surface area contributed by atoms with Crippen LogP contribution in [0, 0.1) is 0 Å². The number of anilines is 3. The predicted molar refractivity (Wildman–Crippen MR) is 96.1 cm³/mol. The van der Waals surface area contributed by atoms with E-state index >= 15 is 0 Å². The molecule has 0 fully saturated rings. The van der Waals surface area contributed by atoms with Gasteiger partial charge in [-0.25, -0.2) is 4.98 Å². The van der Waals surface area contributed by atoms with Gasteiger partial charge in [0.2, 0.25) is 0 Å². The number of benzene rings is 2. The molecule has 5 heteroatoms. The van der Waals surface area contributed by atoms with E-state index in [9.17, 15) is 4.79 Å². The SMILES string of the molecule is O=C(Nc1ccc(Nc2ccccc2)nc1)c1cccc(Br)c1. The molecule has 0 aliphatic carbocycles. The number of pyridine rings is 1. The maximum atomic E-state index is 12.2. The number of rotatable bonds is 4. The van der Waals surface area contributed by atoms with Crippen molar-refractivity contribution in [2.24, 2.45) is 0 Å². The summed E-state index contributed by atoms with van der Waals surface area (Å²) in [5.41, 5.74) is 2.20. The lowest BCUT2D eigenvalue weighted by Gasteiger charge is -2.08. The van der Waals surface area contributed by atoms with Gasteiger partial charge in [0.1, 0.15) is 5.82 Å². The van der Waals surface area contributed by atoms with Crippen LogP contribution in [0.15, 0.2) is 77.4 Å². The number of hydrogen-bond donors (Lipinski definition) is 2. The first-order valence-electron chi connectivity index (χ1n) is 7.06. The lowest BCUT2D eigenvalue weighted by molar-refractivity contribution is 0.102. The van der Waals surface area contributed by atoms with E-state index in [1.54, 1.807) is 18.3 Å². The van der Waals surface area contributed by atoms with Crippen LogP contribution in [0.1, 0.15) is 10.4 Å². The molecule has 0 aliphatic heterocycles. The Labute approximate surface area is 142 Å². The summed E-state index contributed by atoms with van der Waals surface area (Å²) >= 11 is 3.36. The summed E-state index contributed by atoms with van der Waals surface area (Å²) in [5, 5.41) is 6.02. The van der Waals surface area contributed by atoms with E-state index in [-0.39, 0.29) is 5.91 Å². The quantitative estimate of drug-likeness (QED) is 0.693. The first-order chi connectivity index (χ1) is 11.2. The molecule has 4 nitrogen and oxygen atoms in total. The van der Waals surface area contributed by atoms with Crippen molar-refractivity contribution in [3.63, 3.8) is 0 Å². The summed E-state index contributed by atoms with van der Waals surface area (Å²) in [7, 11) is 0. The number of nitrogens with zero attached hydrogens (tertiary/aromatic N) is 1. The molecule has 0 atom stereocenters. The zero-order chi connectivity index (χ0) is 16.1. The van der Waals surface area contributed by atoms with Crippen LogP contribution in [0.25, 0.3) is 0 Å². The van der Waals surface area contributed by atoms with Crippen LogP contribution >= 0.6 is 15.9 Å². The van der Waals surface area contributed by atoms with E-state index in [0.29, 0.717) is 11.3 Å². The Hall–Kier alpha value is -2.66. The molecular formula is C18H14BrN3O. The molecule has 2 N–H and O–H groups in total. The molecule has 2 aromatic carbocycles. The third kappa shape index (κ3) is 4.17. The molecule has 3 aromatic rings.